The molecule has 3 aliphatic rings. The van der Waals surface area contributed by atoms with Gasteiger partial charge in [0.15, 0.2) is 0 Å². The van der Waals surface area contributed by atoms with E-state index in [1.807, 2.05) is 11.0 Å². The molecule has 0 unspecified atom stereocenters. The molecule has 2 amide bonds. The number of piperidine rings is 2. The summed E-state index contributed by atoms with van der Waals surface area (Å²) in [6.45, 7) is 4.11. The van der Waals surface area contributed by atoms with Crippen molar-refractivity contribution in [2.24, 2.45) is 0 Å². The summed E-state index contributed by atoms with van der Waals surface area (Å²) in [5.74, 6) is 0. The zero-order valence-electron chi connectivity index (χ0n) is 17.0. The summed E-state index contributed by atoms with van der Waals surface area (Å²) in [5.41, 5.74) is 3.21. The van der Waals surface area contributed by atoms with Crippen molar-refractivity contribution < 1.29 is 9.69 Å². The Balaban J connectivity index is 1.38. The minimum absolute atomic E-state index is 0.0309. The van der Waals surface area contributed by atoms with Crippen molar-refractivity contribution in [2.75, 3.05) is 5.32 Å². The number of para-hydroxylation sites is 1. The standard InChI is InChI=1S/C23H35N3O/c1-16-8-6-9-17(2)22(16)25-23(27)24-18-14-20-12-7-13-21(15-18)26(20)19-10-4-3-5-11-19/h6,8-9,18-21H,3-5,7,10-15H2,1-2H3,(H2,24,25,27)/p+1/t20-,21-/m1/s1. The van der Waals surface area contributed by atoms with E-state index in [-0.39, 0.29) is 6.03 Å². The van der Waals surface area contributed by atoms with Gasteiger partial charge in [0.1, 0.15) is 0 Å². The minimum Gasteiger partial charge on any atom is -0.335 e. The molecule has 3 fully saturated rings. The first-order chi connectivity index (χ1) is 13.1. The van der Waals surface area contributed by atoms with Crippen molar-refractivity contribution in [3.05, 3.63) is 29.3 Å². The molecule has 27 heavy (non-hydrogen) atoms. The van der Waals surface area contributed by atoms with Crippen LogP contribution in [0, 0.1) is 13.8 Å². The van der Waals surface area contributed by atoms with Crippen molar-refractivity contribution in [1.29, 1.82) is 0 Å². The Labute approximate surface area is 164 Å². The Morgan fingerprint density at radius 2 is 1.48 bits per heavy atom. The van der Waals surface area contributed by atoms with Gasteiger partial charge >= 0.3 is 6.03 Å². The number of fused-ring (bicyclic) bond motifs is 2. The molecule has 2 bridgehead atoms. The van der Waals surface area contributed by atoms with Crippen LogP contribution in [0.1, 0.15) is 75.3 Å². The van der Waals surface area contributed by atoms with Gasteiger partial charge in [0, 0.05) is 24.6 Å². The van der Waals surface area contributed by atoms with E-state index in [1.165, 1.54) is 51.4 Å². The molecule has 1 saturated carbocycles. The Hall–Kier alpha value is -1.55. The van der Waals surface area contributed by atoms with E-state index in [9.17, 15) is 4.79 Å². The second-order valence-corrected chi connectivity index (χ2v) is 9.19. The Bertz CT molecular complexity index is 633. The zero-order chi connectivity index (χ0) is 18.8. The number of nitrogens with one attached hydrogen (secondary N) is 3. The lowest BCUT2D eigenvalue weighted by atomic mass is 9.78. The van der Waals surface area contributed by atoms with Crippen molar-refractivity contribution in [1.82, 2.24) is 5.32 Å². The molecule has 1 aromatic carbocycles. The van der Waals surface area contributed by atoms with Crippen LogP contribution < -0.4 is 15.5 Å². The zero-order valence-corrected chi connectivity index (χ0v) is 17.0. The highest BCUT2D eigenvalue weighted by Crippen LogP contribution is 2.26. The lowest BCUT2D eigenvalue weighted by Gasteiger charge is -2.50. The summed E-state index contributed by atoms with van der Waals surface area (Å²) in [5, 5.41) is 6.42. The molecule has 4 heteroatoms. The Kier molecular flexibility index (Phi) is 5.72. The second-order valence-electron chi connectivity index (χ2n) is 9.19. The number of anilines is 1. The SMILES string of the molecule is Cc1cccc(C)c1NC(=O)NC1C[C@H]2CCC[C@H](C1)[NH+]2C1CCCCC1. The van der Waals surface area contributed by atoms with E-state index in [1.54, 1.807) is 0 Å². The number of carbonyl (C=O) groups is 1. The van der Waals surface area contributed by atoms with Crippen molar-refractivity contribution in [3.8, 4) is 0 Å². The molecule has 0 radical (unpaired) electrons. The van der Waals surface area contributed by atoms with E-state index < -0.39 is 0 Å². The number of urea groups is 1. The molecule has 4 rings (SSSR count). The first-order valence-corrected chi connectivity index (χ1v) is 11.1. The summed E-state index contributed by atoms with van der Waals surface area (Å²) in [6.07, 6.45) is 13.5. The van der Waals surface area contributed by atoms with Gasteiger partial charge in [-0.25, -0.2) is 4.79 Å². The van der Waals surface area contributed by atoms with Gasteiger partial charge in [0.2, 0.25) is 0 Å². The normalized spacial score (nSPS) is 31.3. The third-order valence-corrected chi connectivity index (χ3v) is 7.32. The van der Waals surface area contributed by atoms with Crippen LogP contribution in [0.4, 0.5) is 10.5 Å². The van der Waals surface area contributed by atoms with Gasteiger partial charge in [-0.1, -0.05) is 24.6 Å². The number of amides is 2. The molecule has 148 valence electrons. The first kappa shape index (κ1) is 18.8. The van der Waals surface area contributed by atoms with Crippen molar-refractivity contribution in [3.63, 3.8) is 0 Å². The van der Waals surface area contributed by atoms with E-state index in [0.29, 0.717) is 6.04 Å². The van der Waals surface area contributed by atoms with Crippen LogP contribution in [-0.2, 0) is 0 Å². The lowest BCUT2D eigenvalue weighted by molar-refractivity contribution is -0.984. The van der Waals surface area contributed by atoms with Crippen LogP contribution >= 0.6 is 0 Å². The smallest absolute Gasteiger partial charge is 0.319 e. The molecule has 2 atom stereocenters. The predicted molar refractivity (Wildman–Crippen MR) is 110 cm³/mol. The Morgan fingerprint density at radius 3 is 2.11 bits per heavy atom. The maximum atomic E-state index is 12.7. The quantitative estimate of drug-likeness (QED) is 0.746. The topological polar surface area (TPSA) is 45.6 Å². The molecule has 1 aliphatic carbocycles. The van der Waals surface area contributed by atoms with Gasteiger partial charge in [-0.15, -0.1) is 0 Å². The summed E-state index contributed by atoms with van der Waals surface area (Å²) < 4.78 is 0. The molecule has 4 nitrogen and oxygen atoms in total. The highest BCUT2D eigenvalue weighted by molar-refractivity contribution is 5.91. The summed E-state index contributed by atoms with van der Waals surface area (Å²) in [7, 11) is 0. The fourth-order valence-corrected chi connectivity index (χ4v) is 6.14. The highest BCUT2D eigenvalue weighted by atomic mass is 16.2. The monoisotopic (exact) mass is 370 g/mol. The van der Waals surface area contributed by atoms with E-state index in [2.05, 4.69) is 36.6 Å². The fraction of sp³-hybridized carbons (Fsp3) is 0.696. The molecule has 3 N–H and O–H groups in total. The molecule has 0 aromatic heterocycles. The summed E-state index contributed by atoms with van der Waals surface area (Å²) in [4.78, 5) is 14.6. The van der Waals surface area contributed by atoms with Gasteiger partial charge in [-0.3, -0.25) is 0 Å². The second kappa shape index (κ2) is 8.22. The van der Waals surface area contributed by atoms with Gasteiger partial charge in [0.05, 0.1) is 18.1 Å². The fourth-order valence-electron chi connectivity index (χ4n) is 6.14. The molecule has 0 spiro atoms. The molecule has 1 aromatic rings. The minimum atomic E-state index is -0.0309. The number of rotatable bonds is 3. The van der Waals surface area contributed by atoms with Crippen LogP contribution in [0.3, 0.4) is 0 Å². The average molecular weight is 371 g/mol. The maximum Gasteiger partial charge on any atom is 0.319 e. The highest BCUT2D eigenvalue weighted by Gasteiger charge is 2.45. The van der Waals surface area contributed by atoms with Gasteiger partial charge in [-0.2, -0.15) is 0 Å². The Morgan fingerprint density at radius 1 is 0.889 bits per heavy atom. The first-order valence-electron chi connectivity index (χ1n) is 11.1. The van der Waals surface area contributed by atoms with E-state index in [0.717, 1.165) is 47.8 Å². The molecule has 2 heterocycles. The number of benzene rings is 1. The summed E-state index contributed by atoms with van der Waals surface area (Å²) >= 11 is 0. The van der Waals surface area contributed by atoms with Gasteiger partial charge in [-0.05, 0) is 69.9 Å². The number of quaternary nitrogens is 1. The van der Waals surface area contributed by atoms with Crippen molar-refractivity contribution >= 4 is 11.7 Å². The molecular formula is C23H36N3O+. The summed E-state index contributed by atoms with van der Waals surface area (Å²) in [6, 6.07) is 8.85. The largest absolute Gasteiger partial charge is 0.335 e. The number of aryl methyl sites for hydroxylation is 2. The lowest BCUT2D eigenvalue weighted by Crippen LogP contribution is -3.24. The van der Waals surface area contributed by atoms with Crippen LogP contribution in [-0.4, -0.2) is 30.2 Å². The maximum absolute atomic E-state index is 12.7. The number of hydrogen-bond donors (Lipinski definition) is 3. The molecule has 2 saturated heterocycles. The van der Waals surface area contributed by atoms with Crippen molar-refractivity contribution in [2.45, 2.75) is 102 Å². The van der Waals surface area contributed by atoms with E-state index >= 15 is 0 Å². The van der Waals surface area contributed by atoms with Crippen LogP contribution in [0.5, 0.6) is 0 Å². The van der Waals surface area contributed by atoms with Crippen LogP contribution in [0.25, 0.3) is 0 Å². The third-order valence-electron chi connectivity index (χ3n) is 7.32. The van der Waals surface area contributed by atoms with Crippen LogP contribution in [0.2, 0.25) is 0 Å². The van der Waals surface area contributed by atoms with Gasteiger partial charge in [0.25, 0.3) is 0 Å². The van der Waals surface area contributed by atoms with E-state index in [4.69, 9.17) is 0 Å². The van der Waals surface area contributed by atoms with Gasteiger partial charge < -0.3 is 15.5 Å². The predicted octanol–water partition coefficient (Wildman–Crippen LogP) is 3.73. The van der Waals surface area contributed by atoms with Crippen LogP contribution in [0.15, 0.2) is 18.2 Å². The average Bonchev–Trinajstić information content (AvgIpc) is 2.65. The third kappa shape index (κ3) is 4.16. The number of carbonyl (C=O) groups excluding carboxylic acids is 1. The molecular weight excluding hydrogens is 334 g/mol. The number of hydrogen-bond acceptors (Lipinski definition) is 1. The molecule has 2 aliphatic heterocycles.